The minimum Gasteiger partial charge on any atom is -0.493 e. The van der Waals surface area contributed by atoms with E-state index in [1.165, 1.54) is 18.0 Å². The summed E-state index contributed by atoms with van der Waals surface area (Å²) in [6.45, 7) is 0.0378. The van der Waals surface area contributed by atoms with E-state index in [-0.39, 0.29) is 18.0 Å². The molecule has 178 valence electrons. The van der Waals surface area contributed by atoms with Gasteiger partial charge in [0.15, 0.2) is 17.3 Å². The van der Waals surface area contributed by atoms with Crippen molar-refractivity contribution in [2.75, 3.05) is 13.7 Å². The zero-order chi connectivity index (χ0) is 25.2. The van der Waals surface area contributed by atoms with Gasteiger partial charge in [-0.3, -0.25) is 4.79 Å². The lowest BCUT2D eigenvalue weighted by molar-refractivity contribution is 0.330. The SMILES string of the molecule is C#CCOc1c(C=Nn2c(-c3cc4cc(Br)ccc4o3)nc3ccccc3c2=O)cc(Br)cc1OC. The predicted octanol–water partition coefficient (Wildman–Crippen LogP) is 6.24. The Morgan fingerprint density at radius 1 is 1.14 bits per heavy atom. The molecule has 2 aromatic heterocycles. The van der Waals surface area contributed by atoms with Gasteiger partial charge in [0.1, 0.15) is 12.2 Å². The summed E-state index contributed by atoms with van der Waals surface area (Å²) < 4.78 is 20.1. The summed E-state index contributed by atoms with van der Waals surface area (Å²) in [5, 5.41) is 5.80. The lowest BCUT2D eigenvalue weighted by Crippen LogP contribution is -2.20. The minimum atomic E-state index is -0.346. The highest BCUT2D eigenvalue weighted by Crippen LogP contribution is 2.34. The number of rotatable bonds is 6. The van der Waals surface area contributed by atoms with Gasteiger partial charge >= 0.3 is 0 Å². The molecular formula is C27H17Br2N3O4. The van der Waals surface area contributed by atoms with E-state index in [4.69, 9.17) is 25.3 Å². The molecule has 0 unspecified atom stereocenters. The average molecular weight is 607 g/mol. The Morgan fingerprint density at radius 2 is 1.97 bits per heavy atom. The van der Waals surface area contributed by atoms with Gasteiger partial charge in [0.05, 0.1) is 24.2 Å². The summed E-state index contributed by atoms with van der Waals surface area (Å²) in [4.78, 5) is 18.2. The molecule has 0 spiro atoms. The van der Waals surface area contributed by atoms with Crippen molar-refractivity contribution in [3.8, 4) is 35.4 Å². The maximum atomic E-state index is 13.5. The third-order valence-electron chi connectivity index (χ3n) is 5.33. The highest BCUT2D eigenvalue weighted by Gasteiger charge is 2.17. The molecule has 0 aliphatic heterocycles. The summed E-state index contributed by atoms with van der Waals surface area (Å²) in [7, 11) is 1.53. The summed E-state index contributed by atoms with van der Waals surface area (Å²) in [5.74, 6) is 3.97. The van der Waals surface area contributed by atoms with Gasteiger partial charge in [-0.25, -0.2) is 4.98 Å². The van der Waals surface area contributed by atoms with Crippen molar-refractivity contribution in [2.24, 2.45) is 5.10 Å². The van der Waals surface area contributed by atoms with Crippen LogP contribution in [0.3, 0.4) is 0 Å². The van der Waals surface area contributed by atoms with Crippen molar-refractivity contribution >= 4 is 59.9 Å². The van der Waals surface area contributed by atoms with Crippen molar-refractivity contribution in [1.82, 2.24) is 9.66 Å². The number of fused-ring (bicyclic) bond motifs is 2. The van der Waals surface area contributed by atoms with Gasteiger partial charge in [-0.1, -0.05) is 49.9 Å². The lowest BCUT2D eigenvalue weighted by Gasteiger charge is -2.12. The van der Waals surface area contributed by atoms with Crippen LogP contribution in [-0.2, 0) is 0 Å². The van der Waals surface area contributed by atoms with E-state index in [9.17, 15) is 4.79 Å². The first-order chi connectivity index (χ1) is 17.5. The van der Waals surface area contributed by atoms with Crippen molar-refractivity contribution in [2.45, 2.75) is 0 Å². The second kappa shape index (κ2) is 10.0. The molecule has 0 bridgehead atoms. The van der Waals surface area contributed by atoms with Crippen LogP contribution in [0.5, 0.6) is 11.5 Å². The van der Waals surface area contributed by atoms with E-state index >= 15 is 0 Å². The van der Waals surface area contributed by atoms with Crippen LogP contribution in [0.25, 0.3) is 33.5 Å². The van der Waals surface area contributed by atoms with Crippen LogP contribution in [-0.4, -0.2) is 29.6 Å². The smallest absolute Gasteiger partial charge is 0.282 e. The van der Waals surface area contributed by atoms with Gasteiger partial charge in [-0.2, -0.15) is 9.78 Å². The van der Waals surface area contributed by atoms with Crippen LogP contribution in [0.2, 0.25) is 0 Å². The molecular weight excluding hydrogens is 590 g/mol. The van der Waals surface area contributed by atoms with Gasteiger partial charge in [0.25, 0.3) is 5.56 Å². The number of nitrogens with zero attached hydrogens (tertiary/aromatic N) is 3. The second-order valence-corrected chi connectivity index (χ2v) is 9.46. The summed E-state index contributed by atoms with van der Waals surface area (Å²) >= 11 is 6.94. The van der Waals surface area contributed by atoms with Crippen molar-refractivity contribution in [1.29, 1.82) is 0 Å². The summed E-state index contributed by atoms with van der Waals surface area (Å²) in [6.07, 6.45) is 6.89. The van der Waals surface area contributed by atoms with Crippen LogP contribution >= 0.6 is 31.9 Å². The third kappa shape index (κ3) is 4.53. The molecule has 0 aliphatic rings. The highest BCUT2D eigenvalue weighted by molar-refractivity contribution is 9.10. The van der Waals surface area contributed by atoms with E-state index in [2.05, 4.69) is 42.9 Å². The maximum Gasteiger partial charge on any atom is 0.282 e. The van der Waals surface area contributed by atoms with E-state index in [1.54, 1.807) is 30.3 Å². The predicted molar refractivity (Wildman–Crippen MR) is 147 cm³/mol. The molecule has 3 aromatic carbocycles. The minimum absolute atomic E-state index is 0.0378. The number of ether oxygens (including phenoxy) is 2. The molecule has 0 saturated heterocycles. The molecule has 0 N–H and O–H groups in total. The molecule has 9 heteroatoms. The number of hydrogen-bond acceptors (Lipinski definition) is 6. The number of furan rings is 1. The van der Waals surface area contributed by atoms with Gasteiger partial charge in [-0.15, -0.1) is 6.42 Å². The fourth-order valence-electron chi connectivity index (χ4n) is 3.74. The maximum absolute atomic E-state index is 13.5. The number of para-hydroxylation sites is 1. The number of methoxy groups -OCH3 is 1. The fraction of sp³-hybridized carbons (Fsp3) is 0.0741. The number of halogens is 2. The molecule has 0 saturated carbocycles. The molecule has 0 atom stereocenters. The lowest BCUT2D eigenvalue weighted by atomic mass is 10.2. The highest BCUT2D eigenvalue weighted by atomic mass is 79.9. The topological polar surface area (TPSA) is 78.9 Å². The first-order valence-corrected chi connectivity index (χ1v) is 12.3. The van der Waals surface area contributed by atoms with Crippen molar-refractivity contribution in [3.05, 3.63) is 85.5 Å². The molecule has 0 fully saturated rings. The molecule has 0 amide bonds. The molecule has 2 heterocycles. The Hall–Kier alpha value is -3.87. The van der Waals surface area contributed by atoms with Crippen LogP contribution < -0.4 is 15.0 Å². The third-order valence-corrected chi connectivity index (χ3v) is 6.28. The molecule has 0 radical (unpaired) electrons. The number of aromatic nitrogens is 2. The standard InChI is InChI=1S/C27H17Br2N3O4/c1-3-10-35-25-17(12-19(29)14-23(25)34-2)15-30-32-26(31-21-7-5-4-6-20(21)27(32)33)24-13-16-11-18(28)8-9-22(16)36-24/h1,4-9,11-15H,10H2,2H3. The van der Waals surface area contributed by atoms with Crippen molar-refractivity contribution in [3.63, 3.8) is 0 Å². The van der Waals surface area contributed by atoms with Gasteiger partial charge in [-0.05, 0) is 48.5 Å². The Labute approximate surface area is 222 Å². The van der Waals surface area contributed by atoms with E-state index in [1.807, 2.05) is 30.3 Å². The molecule has 7 nitrogen and oxygen atoms in total. The van der Waals surface area contributed by atoms with E-state index in [0.29, 0.717) is 39.3 Å². The first kappa shape index (κ1) is 23.9. The zero-order valence-corrected chi connectivity index (χ0v) is 22.0. The second-order valence-electron chi connectivity index (χ2n) is 7.63. The van der Waals surface area contributed by atoms with Gasteiger partial charge in [0.2, 0.25) is 5.82 Å². The number of benzene rings is 3. The van der Waals surface area contributed by atoms with Crippen LogP contribution in [0.4, 0.5) is 0 Å². The van der Waals surface area contributed by atoms with Gasteiger partial charge in [0, 0.05) is 19.9 Å². The van der Waals surface area contributed by atoms with Crippen LogP contribution in [0, 0.1) is 12.3 Å². The molecule has 5 rings (SSSR count). The molecule has 36 heavy (non-hydrogen) atoms. The molecule has 0 aliphatic carbocycles. The van der Waals surface area contributed by atoms with Crippen LogP contribution in [0.1, 0.15) is 5.56 Å². The Morgan fingerprint density at radius 3 is 2.78 bits per heavy atom. The first-order valence-electron chi connectivity index (χ1n) is 10.7. The monoisotopic (exact) mass is 605 g/mol. The van der Waals surface area contributed by atoms with Gasteiger partial charge < -0.3 is 13.9 Å². The Kier molecular flexibility index (Phi) is 6.63. The molecule has 5 aromatic rings. The largest absolute Gasteiger partial charge is 0.493 e. The number of hydrogen-bond donors (Lipinski definition) is 0. The average Bonchev–Trinajstić information content (AvgIpc) is 3.30. The van der Waals surface area contributed by atoms with E-state index in [0.717, 1.165) is 14.3 Å². The van der Waals surface area contributed by atoms with Crippen molar-refractivity contribution < 1.29 is 13.9 Å². The Balaban J connectivity index is 1.72. The Bertz CT molecular complexity index is 1750. The number of terminal acetylenes is 1. The summed E-state index contributed by atoms with van der Waals surface area (Å²) in [5.41, 5.74) is 1.40. The van der Waals surface area contributed by atoms with E-state index < -0.39 is 0 Å². The quantitative estimate of drug-likeness (QED) is 0.169. The normalized spacial score (nSPS) is 11.3. The van der Waals surface area contributed by atoms with Crippen LogP contribution in [0.15, 0.2) is 83.9 Å². The summed E-state index contributed by atoms with van der Waals surface area (Å²) in [6, 6.07) is 18.1. The fourth-order valence-corrected chi connectivity index (χ4v) is 4.57. The zero-order valence-electron chi connectivity index (χ0n) is 18.9.